The molecule has 2 saturated carbocycles. The van der Waals surface area contributed by atoms with Crippen LogP contribution in [0.5, 0.6) is 0 Å². The van der Waals surface area contributed by atoms with Crippen LogP contribution in [0.25, 0.3) is 0 Å². The summed E-state index contributed by atoms with van der Waals surface area (Å²) >= 11 is 0. The van der Waals surface area contributed by atoms with E-state index in [-0.39, 0.29) is 55.4 Å². The maximum atomic E-state index is 12.6. The molecule has 0 aromatic heterocycles. The van der Waals surface area contributed by atoms with E-state index in [0.717, 1.165) is 5.57 Å². The van der Waals surface area contributed by atoms with Gasteiger partial charge in [-0.3, -0.25) is 9.59 Å². The van der Waals surface area contributed by atoms with Crippen molar-refractivity contribution in [1.29, 1.82) is 0 Å². The van der Waals surface area contributed by atoms with Gasteiger partial charge < -0.3 is 33.9 Å². The van der Waals surface area contributed by atoms with Crippen molar-refractivity contribution in [1.82, 2.24) is 0 Å². The van der Waals surface area contributed by atoms with Crippen molar-refractivity contribution in [3.05, 3.63) is 23.3 Å². The summed E-state index contributed by atoms with van der Waals surface area (Å²) in [4.78, 5) is 37.3. The van der Waals surface area contributed by atoms with Crippen LogP contribution in [0.3, 0.4) is 0 Å². The first kappa shape index (κ1) is 26.6. The third-order valence-corrected chi connectivity index (χ3v) is 11.1. The lowest BCUT2D eigenvalue weighted by molar-refractivity contribution is -0.214. The van der Waals surface area contributed by atoms with Crippen molar-refractivity contribution in [3.63, 3.8) is 0 Å². The number of hydrogen-bond acceptors (Lipinski definition) is 10. The Kier molecular flexibility index (Phi) is 5.44. The number of cyclic esters (lactones) is 1. The van der Waals surface area contributed by atoms with Crippen LogP contribution < -0.4 is 0 Å². The van der Waals surface area contributed by atoms with Gasteiger partial charge in [-0.1, -0.05) is 13.0 Å². The molecule has 7 rings (SSSR count). The van der Waals surface area contributed by atoms with Crippen LogP contribution in [0, 0.1) is 23.7 Å². The molecular formula is C30H38O10. The minimum atomic E-state index is -1.56. The maximum absolute atomic E-state index is 12.6. The molecule has 5 fully saturated rings. The topological polar surface area (TPSA) is 138 Å². The van der Waals surface area contributed by atoms with Gasteiger partial charge in [0.1, 0.15) is 35.6 Å². The molecule has 218 valence electrons. The van der Waals surface area contributed by atoms with Crippen LogP contribution in [0.2, 0.25) is 0 Å². The van der Waals surface area contributed by atoms with Crippen LogP contribution in [-0.2, 0) is 38.1 Å². The summed E-state index contributed by atoms with van der Waals surface area (Å²) in [5.74, 6) is -2.51. The second-order valence-corrected chi connectivity index (χ2v) is 13.7. The smallest absolute Gasteiger partial charge is 0.334 e. The van der Waals surface area contributed by atoms with E-state index in [4.69, 9.17) is 23.7 Å². The number of aliphatic hydroxyl groups is 2. The molecule has 7 aliphatic rings. The molecule has 12 atom stereocenters. The van der Waals surface area contributed by atoms with Crippen LogP contribution >= 0.6 is 0 Å². The van der Waals surface area contributed by atoms with Gasteiger partial charge >= 0.3 is 17.9 Å². The predicted molar refractivity (Wildman–Crippen MR) is 136 cm³/mol. The number of carbonyl (C=O) groups excluding carboxylic acids is 3. The van der Waals surface area contributed by atoms with Crippen molar-refractivity contribution in [2.24, 2.45) is 23.7 Å². The zero-order valence-corrected chi connectivity index (χ0v) is 23.5. The SMILES string of the molecule is CC(=O)O[C@@H]1C[C@@]2(O)C[C@@]34OC(=O)C[C@@H]3OC(C)(C)[C@H]4C[C@H](O)[C@@H]2C2=CC[C@H]3[C@@H](C)[C@H](C4C=C(C)C(=O)O4)O[C@]213. The first-order chi connectivity index (χ1) is 18.7. The predicted octanol–water partition coefficient (Wildman–Crippen LogP) is 1.89. The lowest BCUT2D eigenvalue weighted by atomic mass is 9.59. The monoisotopic (exact) mass is 558 g/mol. The molecule has 0 bridgehead atoms. The summed E-state index contributed by atoms with van der Waals surface area (Å²) in [7, 11) is 0. The fraction of sp³-hybridized carbons (Fsp3) is 0.767. The number of rotatable bonds is 2. The lowest BCUT2D eigenvalue weighted by Crippen LogP contribution is -2.64. The number of hydrogen-bond donors (Lipinski definition) is 2. The molecule has 2 N–H and O–H groups in total. The van der Waals surface area contributed by atoms with Crippen molar-refractivity contribution in [2.75, 3.05) is 0 Å². The van der Waals surface area contributed by atoms with Crippen molar-refractivity contribution >= 4 is 17.9 Å². The highest BCUT2D eigenvalue weighted by Gasteiger charge is 2.76. The van der Waals surface area contributed by atoms with E-state index in [1.54, 1.807) is 13.0 Å². The molecule has 0 aromatic carbocycles. The number of esters is 3. The molecule has 2 spiro atoms. The average molecular weight is 559 g/mol. The van der Waals surface area contributed by atoms with Gasteiger partial charge in [0.15, 0.2) is 0 Å². The first-order valence-electron chi connectivity index (χ1n) is 14.5. The Morgan fingerprint density at radius 2 is 1.95 bits per heavy atom. The quantitative estimate of drug-likeness (QED) is 0.294. The summed E-state index contributed by atoms with van der Waals surface area (Å²) in [5, 5.41) is 24.5. The molecule has 1 unspecified atom stereocenters. The van der Waals surface area contributed by atoms with E-state index in [1.165, 1.54) is 6.92 Å². The number of allylic oxidation sites excluding steroid dienone is 1. The Hall–Kier alpha value is -2.27. The van der Waals surface area contributed by atoms with Gasteiger partial charge in [0.2, 0.25) is 0 Å². The van der Waals surface area contributed by atoms with Crippen molar-refractivity contribution in [3.8, 4) is 0 Å². The largest absolute Gasteiger partial charge is 0.459 e. The summed E-state index contributed by atoms with van der Waals surface area (Å²) in [6, 6.07) is 0. The average Bonchev–Trinajstić information content (AvgIpc) is 3.55. The standard InChI is InChI=1S/C30H38O10/c1-13-8-19(37-26(13)34)25-14(2)16-6-7-17-24-18(32)9-20-27(4,5)38-21-10-23(33)39-29(20,21)12-28(24,35)11-22(36-15(3)31)30(16,17)40-25/h7-8,14,16,18-22,24-25,32,35H,6,9-12H2,1-5H3/t14-,16+,18+,19?,20-,21+,22-,24+,25-,28-,29+,30-/m1/s1. The van der Waals surface area contributed by atoms with Crippen LogP contribution in [0.15, 0.2) is 23.3 Å². The highest BCUT2D eigenvalue weighted by atomic mass is 16.6. The lowest BCUT2D eigenvalue weighted by Gasteiger charge is -2.54. The highest BCUT2D eigenvalue weighted by Crippen LogP contribution is 2.67. The maximum Gasteiger partial charge on any atom is 0.334 e. The van der Waals surface area contributed by atoms with Gasteiger partial charge in [-0.15, -0.1) is 0 Å². The fourth-order valence-corrected chi connectivity index (χ4v) is 9.78. The number of carbonyl (C=O) groups is 3. The van der Waals surface area contributed by atoms with E-state index >= 15 is 0 Å². The normalized spacial score (nSPS) is 51.8. The molecule has 4 heterocycles. The Balaban J connectivity index is 1.33. The number of aliphatic hydroxyl groups excluding tert-OH is 1. The molecular weight excluding hydrogens is 520 g/mol. The van der Waals surface area contributed by atoms with Gasteiger partial charge in [0, 0.05) is 43.1 Å². The molecule has 0 amide bonds. The summed E-state index contributed by atoms with van der Waals surface area (Å²) < 4.78 is 30.9. The minimum Gasteiger partial charge on any atom is -0.459 e. The summed E-state index contributed by atoms with van der Waals surface area (Å²) in [6.07, 6.45) is 1.40. The molecule has 3 aliphatic carbocycles. The third-order valence-electron chi connectivity index (χ3n) is 11.1. The Bertz CT molecular complexity index is 1250. The number of fused-ring (bicyclic) bond motifs is 2. The fourth-order valence-electron chi connectivity index (χ4n) is 9.78. The van der Waals surface area contributed by atoms with Gasteiger partial charge in [-0.05, 0) is 51.2 Å². The zero-order chi connectivity index (χ0) is 28.6. The second-order valence-electron chi connectivity index (χ2n) is 13.7. The van der Waals surface area contributed by atoms with E-state index in [2.05, 4.69) is 6.92 Å². The molecule has 3 saturated heterocycles. The third kappa shape index (κ3) is 3.27. The second kappa shape index (κ2) is 8.18. The molecule has 4 aliphatic heterocycles. The summed E-state index contributed by atoms with van der Waals surface area (Å²) in [5.41, 5.74) is -3.18. The van der Waals surface area contributed by atoms with E-state index in [9.17, 15) is 24.6 Å². The summed E-state index contributed by atoms with van der Waals surface area (Å²) in [6.45, 7) is 8.98. The Morgan fingerprint density at radius 3 is 2.62 bits per heavy atom. The zero-order valence-electron chi connectivity index (χ0n) is 23.5. The van der Waals surface area contributed by atoms with Gasteiger partial charge in [0.05, 0.1) is 23.7 Å². The minimum absolute atomic E-state index is 0.0000765. The van der Waals surface area contributed by atoms with Crippen LogP contribution in [0.1, 0.15) is 66.7 Å². The molecule has 0 radical (unpaired) electrons. The van der Waals surface area contributed by atoms with Crippen molar-refractivity contribution < 1.29 is 48.3 Å². The molecule has 0 aromatic rings. The Morgan fingerprint density at radius 1 is 1.20 bits per heavy atom. The van der Waals surface area contributed by atoms with E-state index in [0.29, 0.717) is 12.0 Å². The molecule has 40 heavy (non-hydrogen) atoms. The Labute approximate surface area is 233 Å². The van der Waals surface area contributed by atoms with E-state index in [1.807, 2.05) is 19.9 Å². The van der Waals surface area contributed by atoms with Gasteiger partial charge in [0.25, 0.3) is 0 Å². The highest BCUT2D eigenvalue weighted by molar-refractivity contribution is 5.90. The van der Waals surface area contributed by atoms with Gasteiger partial charge in [-0.25, -0.2) is 4.79 Å². The van der Waals surface area contributed by atoms with Gasteiger partial charge in [-0.2, -0.15) is 0 Å². The van der Waals surface area contributed by atoms with E-state index < -0.39 is 64.8 Å². The van der Waals surface area contributed by atoms with Crippen LogP contribution in [0.4, 0.5) is 0 Å². The molecule has 10 nitrogen and oxygen atoms in total. The number of ether oxygens (including phenoxy) is 5. The van der Waals surface area contributed by atoms with Crippen molar-refractivity contribution in [2.45, 2.75) is 120 Å². The molecule has 10 heteroatoms. The van der Waals surface area contributed by atoms with Crippen LogP contribution in [-0.4, -0.2) is 81.0 Å². The first-order valence-corrected chi connectivity index (χ1v) is 14.5.